The van der Waals surface area contributed by atoms with Gasteiger partial charge in [0.1, 0.15) is 30.5 Å². The maximum Gasteiger partial charge on any atom is 1.00 e. The Hall–Kier alpha value is 7.66. The van der Waals surface area contributed by atoms with Crippen LogP contribution in [-0.2, 0) is 144 Å². The van der Waals surface area contributed by atoms with Crippen molar-refractivity contribution in [2.24, 2.45) is 0 Å². The summed E-state index contributed by atoms with van der Waals surface area (Å²) in [6.45, 7) is -3.17. The van der Waals surface area contributed by atoms with Crippen molar-refractivity contribution < 1.29 is 513 Å². The molecule has 5 fully saturated rings. The summed E-state index contributed by atoms with van der Waals surface area (Å²) in [4.78, 5) is 20.5. The van der Waals surface area contributed by atoms with Crippen LogP contribution in [0.15, 0.2) is 0 Å². The van der Waals surface area contributed by atoms with Crippen LogP contribution >= 0.6 is 0 Å². The van der Waals surface area contributed by atoms with E-state index in [-0.39, 0.29) is 343 Å². The number of aliphatic carboxylic acids is 2. The fourth-order valence-electron chi connectivity index (χ4n) is 6.67. The molecule has 0 aromatic rings. The molecule has 0 saturated carbocycles. The van der Waals surface area contributed by atoms with Crippen molar-refractivity contribution in [2.75, 3.05) is 46.8 Å². The van der Waals surface area contributed by atoms with E-state index in [1.165, 1.54) is 4.72 Å². The zero-order valence-corrected chi connectivity index (χ0v) is 80.0. The Balaban J connectivity index is -0.0000000731. The largest absolute Gasteiger partial charge is 1.00 e. The normalized spacial score (nSPS) is 28.5. The third-order valence-corrected chi connectivity index (χ3v) is 14.1. The molecule has 5 heterocycles. The number of aliphatic hydroxyl groups excluding tert-OH is 6. The molecule has 17 N–H and O–H groups in total. The first-order valence-corrected chi connectivity index (χ1v) is 32.0. The van der Waals surface area contributed by atoms with Gasteiger partial charge >= 0.3 is 296 Å². The van der Waals surface area contributed by atoms with Gasteiger partial charge in [-0.3, -0.25) is 20.9 Å². The van der Waals surface area contributed by atoms with Gasteiger partial charge in [-0.15, -0.1) is 0 Å². The van der Waals surface area contributed by atoms with Gasteiger partial charge in [0.15, 0.2) is 43.5 Å². The van der Waals surface area contributed by atoms with Crippen molar-refractivity contribution in [3.8, 4) is 0 Å². The van der Waals surface area contributed by atoms with Crippen LogP contribution < -0.4 is 320 Å². The Bertz CT molecular complexity index is 2860. The standard InChI is InChI=1S/C7H15NO10S2.C6H13NO10S2.C6H10O8S.C6H10O5.C5H11NO10S3.10Na.4H2O/c1-16-7-6(8-19(10,11)12)5(9)2-4(18-7)3-17-20(13,14)15;8-5-3(7-18(10,11)12)1-16-4(6(5)9)2-17-19(13,14)15;7-3-1-4(6(8)9)13-2-5(3)14-15(10,11)12;7-3-1-5(6(9)10)11-2-4(3)8;7-17(8)15-4-1-5(16-18(9)10)14-2-3(4)6-19(11,12)13;;;;;;;;;;;;;;/h4-9H,2-3H2,1H3,(H,10,11,12)(H,13,14,15);3-9H,1-2H2,(H,10,11,12)(H,13,14,15);3-5,7H,1-2H2,(H,8,9)(H,10,11,12);3-5,7-8H,1-2H2,(H,9,10);3-6H,1-2H2,(H,7,8)(H,9,10)(H,11,12,13);;;;;;;;;;;4*1H2/q;;;;;10*+1;;;;/p-10. The molecule has 0 bridgehead atoms. The Morgan fingerprint density at radius 2 is 0.888 bits per heavy atom. The van der Waals surface area contributed by atoms with E-state index < -0.39 is 240 Å². The Kier molecular flexibility index (Phi) is 92.6. The Morgan fingerprint density at radius 3 is 1.27 bits per heavy atom. The van der Waals surface area contributed by atoms with Gasteiger partial charge in [-0.1, -0.05) is 0 Å². The number of aliphatic hydroxyl groups is 6. The number of hydrogen-bond acceptors (Lipinski definition) is 43. The second-order valence-corrected chi connectivity index (χ2v) is 24.2. The quantitative estimate of drug-likeness (QED) is 0.0223. The molecular weight excluding hydrogens is 1640 g/mol. The number of hydrogen-bond donors (Lipinski definition) is 9. The molecule has 50 nitrogen and oxygen atoms in total. The maximum atomic E-state index is 10.6. The monoisotopic (exact) mass is 1700 g/mol. The van der Waals surface area contributed by atoms with Crippen LogP contribution in [0.2, 0.25) is 0 Å². The number of ether oxygens (including phenoxy) is 6. The van der Waals surface area contributed by atoms with Crippen LogP contribution in [0, 0.1) is 0 Å². The van der Waals surface area contributed by atoms with Crippen LogP contribution in [0.1, 0.15) is 25.7 Å². The van der Waals surface area contributed by atoms with Crippen molar-refractivity contribution in [2.45, 2.75) is 130 Å². The third kappa shape index (κ3) is 65.0. The molecule has 0 spiro atoms. The molecule has 5 aliphatic rings. The predicted octanol–water partition coefficient (Wildman–Crippen LogP) is -49.1. The molecule has 19 atom stereocenters. The van der Waals surface area contributed by atoms with Crippen LogP contribution in [0.4, 0.5) is 0 Å². The molecule has 5 saturated heterocycles. The summed E-state index contributed by atoms with van der Waals surface area (Å²) in [6.07, 6.45) is -19.6. The molecule has 0 amide bonds. The molecule has 0 aromatic carbocycles. The number of carbonyl (C=O) groups is 2. The third-order valence-electron chi connectivity index (χ3n) is 10.3. The minimum absolute atomic E-state index is 0. The van der Waals surface area contributed by atoms with Gasteiger partial charge in [-0.2, -0.15) is 0 Å². The van der Waals surface area contributed by atoms with E-state index in [0.717, 1.165) is 7.11 Å². The Morgan fingerprint density at radius 1 is 0.480 bits per heavy atom. The van der Waals surface area contributed by atoms with Crippen LogP contribution in [0.5, 0.6) is 0 Å². The molecule has 5 rings (SSSR count). The van der Waals surface area contributed by atoms with E-state index in [0.29, 0.717) is 0 Å². The van der Waals surface area contributed by atoms with Crippen molar-refractivity contribution in [3.63, 3.8) is 0 Å². The molecule has 532 valence electrons. The fraction of sp³-hybridized carbons (Fsp3) is 0.933. The molecule has 0 aromatic heterocycles. The molecule has 19 unspecified atom stereocenters. The topological polar surface area (TPSA) is 889 Å². The van der Waals surface area contributed by atoms with Crippen molar-refractivity contribution in [1.82, 2.24) is 14.2 Å². The fourth-order valence-corrected chi connectivity index (χ4v) is 10.3. The molecule has 68 heteroatoms. The Labute approximate surface area is 786 Å². The maximum absolute atomic E-state index is 10.6. The minimum atomic E-state index is -4.99. The van der Waals surface area contributed by atoms with Crippen molar-refractivity contribution >= 4 is 96.8 Å². The van der Waals surface area contributed by atoms with Gasteiger partial charge in [0.2, 0.25) is 31.2 Å². The summed E-state index contributed by atoms with van der Waals surface area (Å²) in [5, 5.41) is 76.4. The van der Waals surface area contributed by atoms with Gasteiger partial charge in [0.25, 0.3) is 0 Å². The number of carboxylic acid groups (broad SMARTS) is 2. The SMILES string of the molecule is COC1OC(COS(=O)(=O)[O-])CC(O)C1NS(=O)(=O)[O-].O.O.O.O.O=C([O-])C1CC(O)C(O)CO1.O=C([O-])C1CC(O)C(OS(=O)(=O)[O-])CO1.O=S(=O)([O-])NC1COC(COS(=O)(=O)[O-])C(O)C1O.O=S([O-])OC1CC(OS(=O)[O-])C(NS(=O)(=O)[O-])CO1.[Na+].[Na+].[Na+].[Na+].[Na+].[Na+].[Na+].[Na+].[Na+].[Na+]. The number of nitrogens with one attached hydrogen (secondary N) is 3. The van der Waals surface area contributed by atoms with E-state index in [4.69, 9.17) is 29.2 Å². The first-order valence-electron chi connectivity index (χ1n) is 21.8. The van der Waals surface area contributed by atoms with Gasteiger partial charge in [-0.05, 0) is 0 Å². The average molecular weight is 1700 g/mol. The molecule has 0 radical (unpaired) electrons. The van der Waals surface area contributed by atoms with Gasteiger partial charge < -0.3 is 137 Å². The predicted molar refractivity (Wildman–Crippen MR) is 253 cm³/mol. The van der Waals surface area contributed by atoms with Gasteiger partial charge in [0.05, 0.1) is 135 Å². The number of methoxy groups -OCH3 is 1. The van der Waals surface area contributed by atoms with E-state index >= 15 is 0 Å². The zero-order chi connectivity index (χ0) is 65.1. The summed E-state index contributed by atoms with van der Waals surface area (Å²) in [6, 6.07) is -4.03. The van der Waals surface area contributed by atoms with Crippen LogP contribution in [-0.4, -0.2) is 311 Å². The molecule has 98 heavy (non-hydrogen) atoms. The second-order valence-electron chi connectivity index (χ2n) is 16.5. The summed E-state index contributed by atoms with van der Waals surface area (Å²) < 4.78 is 282. The smallest absolute Gasteiger partial charge is 0.750 e. The summed E-state index contributed by atoms with van der Waals surface area (Å²) in [7, 11) is -28.3. The van der Waals surface area contributed by atoms with Crippen molar-refractivity contribution in [1.29, 1.82) is 0 Å². The summed E-state index contributed by atoms with van der Waals surface area (Å²) in [5.41, 5.74) is 0. The molecule has 0 aliphatic carbocycles. The second kappa shape index (κ2) is 65.9. The van der Waals surface area contributed by atoms with Gasteiger partial charge in [0, 0.05) is 32.8 Å². The van der Waals surface area contributed by atoms with E-state index in [9.17, 15) is 136 Å². The van der Waals surface area contributed by atoms with Crippen LogP contribution in [0.3, 0.4) is 0 Å². The molecular formula is C30H57N3Na10O47S8. The van der Waals surface area contributed by atoms with E-state index in [1.54, 1.807) is 9.44 Å². The van der Waals surface area contributed by atoms with E-state index in [1.807, 2.05) is 0 Å². The number of rotatable bonds is 21. The van der Waals surface area contributed by atoms with E-state index in [2.05, 4.69) is 30.4 Å². The van der Waals surface area contributed by atoms with Crippen LogP contribution in [0.25, 0.3) is 0 Å². The van der Waals surface area contributed by atoms with Crippen molar-refractivity contribution in [3.05, 3.63) is 0 Å². The number of carbonyl (C=O) groups excluding carboxylic acids is 2. The first-order chi connectivity index (χ1) is 38.1. The van der Waals surface area contributed by atoms with Gasteiger partial charge in [-0.25, -0.2) is 73.1 Å². The average Bonchev–Trinajstić information content (AvgIpc) is 3.31. The first kappa shape index (κ1) is 138. The summed E-state index contributed by atoms with van der Waals surface area (Å²) >= 11 is -5.90. The summed E-state index contributed by atoms with van der Waals surface area (Å²) in [5.74, 6) is -2.87. The zero-order valence-electron chi connectivity index (χ0n) is 53.4. The number of carboxylic acids is 2. The minimum Gasteiger partial charge on any atom is -0.750 e. The molecule has 5 aliphatic heterocycles.